The molecule has 0 aliphatic carbocycles. The summed E-state index contributed by atoms with van der Waals surface area (Å²) in [5.74, 6) is -0.727. The zero-order valence-corrected chi connectivity index (χ0v) is 13.9. The van der Waals surface area contributed by atoms with E-state index in [9.17, 15) is 9.59 Å². The Morgan fingerprint density at radius 3 is 2.27 bits per heavy atom. The van der Waals surface area contributed by atoms with Gasteiger partial charge in [-0.2, -0.15) is 0 Å². The number of amides is 1. The van der Waals surface area contributed by atoms with Gasteiger partial charge in [-0.25, -0.2) is 4.79 Å². The van der Waals surface area contributed by atoms with Crippen LogP contribution in [0.15, 0.2) is 36.4 Å². The predicted octanol–water partition coefficient (Wildman–Crippen LogP) is 3.35. The standard InChI is InChI=1S/C17H19NO3S/c1-11-10-14(12(2)22-11)17(20)21-15(16(19)18(3)4)13-8-6-5-7-9-13/h5-10,15H,1-4H3/t15-/m0/s1. The molecule has 1 aromatic carbocycles. The van der Waals surface area contributed by atoms with E-state index in [2.05, 4.69) is 0 Å². The predicted molar refractivity (Wildman–Crippen MR) is 87.1 cm³/mol. The van der Waals surface area contributed by atoms with Gasteiger partial charge in [0.05, 0.1) is 5.56 Å². The third-order valence-corrected chi connectivity index (χ3v) is 4.22. The Morgan fingerprint density at radius 1 is 1.14 bits per heavy atom. The normalized spacial score (nSPS) is 11.8. The fraction of sp³-hybridized carbons (Fsp3) is 0.294. The third kappa shape index (κ3) is 3.54. The lowest BCUT2D eigenvalue weighted by Crippen LogP contribution is -2.31. The van der Waals surface area contributed by atoms with Gasteiger partial charge in [-0.3, -0.25) is 4.79 Å². The second-order valence-corrected chi connectivity index (χ2v) is 6.72. The Morgan fingerprint density at radius 2 is 1.77 bits per heavy atom. The minimum absolute atomic E-state index is 0.260. The summed E-state index contributed by atoms with van der Waals surface area (Å²) in [6.07, 6.45) is -0.927. The summed E-state index contributed by atoms with van der Waals surface area (Å²) >= 11 is 1.54. The zero-order chi connectivity index (χ0) is 16.3. The molecule has 0 spiro atoms. The van der Waals surface area contributed by atoms with Crippen molar-refractivity contribution < 1.29 is 14.3 Å². The van der Waals surface area contributed by atoms with Crippen molar-refractivity contribution in [2.75, 3.05) is 14.1 Å². The van der Waals surface area contributed by atoms with Crippen LogP contribution in [0.3, 0.4) is 0 Å². The van der Waals surface area contributed by atoms with Crippen LogP contribution in [-0.2, 0) is 9.53 Å². The molecule has 1 heterocycles. The number of hydrogen-bond donors (Lipinski definition) is 0. The SMILES string of the molecule is Cc1cc(C(=O)O[C@H](C(=O)N(C)C)c2ccccc2)c(C)s1. The maximum absolute atomic E-state index is 12.4. The summed E-state index contributed by atoms with van der Waals surface area (Å²) in [7, 11) is 3.29. The third-order valence-electron chi connectivity index (χ3n) is 3.25. The van der Waals surface area contributed by atoms with E-state index in [0.29, 0.717) is 11.1 Å². The van der Waals surface area contributed by atoms with Crippen molar-refractivity contribution in [1.82, 2.24) is 4.90 Å². The van der Waals surface area contributed by atoms with Gasteiger partial charge in [0, 0.05) is 29.4 Å². The monoisotopic (exact) mass is 317 g/mol. The number of carbonyl (C=O) groups excluding carboxylic acids is 2. The van der Waals surface area contributed by atoms with Crippen LogP contribution >= 0.6 is 11.3 Å². The van der Waals surface area contributed by atoms with Crippen LogP contribution in [0.25, 0.3) is 0 Å². The van der Waals surface area contributed by atoms with E-state index in [-0.39, 0.29) is 5.91 Å². The Bertz CT molecular complexity index is 676. The molecule has 1 aromatic heterocycles. The Balaban J connectivity index is 2.29. The minimum atomic E-state index is -0.927. The molecule has 4 nitrogen and oxygen atoms in total. The summed E-state index contributed by atoms with van der Waals surface area (Å²) in [6.45, 7) is 3.81. The van der Waals surface area contributed by atoms with Crippen LogP contribution < -0.4 is 0 Å². The molecule has 1 atom stereocenters. The second kappa shape index (κ2) is 6.75. The van der Waals surface area contributed by atoms with Crippen molar-refractivity contribution in [1.29, 1.82) is 0 Å². The number of hydrogen-bond acceptors (Lipinski definition) is 4. The number of carbonyl (C=O) groups is 2. The molecule has 0 saturated heterocycles. The van der Waals surface area contributed by atoms with Crippen LogP contribution in [0.4, 0.5) is 0 Å². The molecule has 0 bridgehead atoms. The van der Waals surface area contributed by atoms with Gasteiger partial charge in [-0.15, -0.1) is 11.3 Å². The van der Waals surface area contributed by atoms with E-state index in [4.69, 9.17) is 4.74 Å². The van der Waals surface area contributed by atoms with Gasteiger partial charge in [0.2, 0.25) is 6.10 Å². The number of rotatable bonds is 4. The van der Waals surface area contributed by atoms with Gasteiger partial charge in [-0.1, -0.05) is 30.3 Å². The molecule has 22 heavy (non-hydrogen) atoms. The summed E-state index contributed by atoms with van der Waals surface area (Å²) < 4.78 is 5.52. The molecule has 0 fully saturated rings. The van der Waals surface area contributed by atoms with Crippen LogP contribution in [0.1, 0.15) is 31.8 Å². The number of esters is 1. The summed E-state index contributed by atoms with van der Waals surface area (Å²) in [5, 5.41) is 0. The first-order valence-electron chi connectivity index (χ1n) is 6.94. The maximum Gasteiger partial charge on any atom is 0.340 e. The fourth-order valence-corrected chi connectivity index (χ4v) is 3.04. The molecule has 0 radical (unpaired) electrons. The lowest BCUT2D eigenvalue weighted by molar-refractivity contribution is -0.138. The Kier molecular flexibility index (Phi) is 4.98. The molecule has 1 amide bonds. The highest BCUT2D eigenvalue weighted by Gasteiger charge is 2.27. The van der Waals surface area contributed by atoms with Gasteiger partial charge in [0.1, 0.15) is 0 Å². The highest BCUT2D eigenvalue weighted by molar-refractivity contribution is 7.12. The van der Waals surface area contributed by atoms with E-state index < -0.39 is 12.1 Å². The highest BCUT2D eigenvalue weighted by Crippen LogP contribution is 2.25. The molecule has 0 aliphatic heterocycles. The second-order valence-electron chi connectivity index (χ2n) is 5.26. The van der Waals surface area contributed by atoms with Crippen molar-refractivity contribution in [2.24, 2.45) is 0 Å². The molecule has 0 saturated carbocycles. The topological polar surface area (TPSA) is 46.6 Å². The van der Waals surface area contributed by atoms with Gasteiger partial charge >= 0.3 is 5.97 Å². The molecule has 0 aliphatic rings. The van der Waals surface area contributed by atoms with Gasteiger partial charge in [-0.05, 0) is 19.9 Å². The number of likely N-dealkylation sites (N-methyl/N-ethyl adjacent to an activating group) is 1. The number of thiophene rings is 1. The van der Waals surface area contributed by atoms with Crippen LogP contribution in [0.5, 0.6) is 0 Å². The molecule has 0 unspecified atom stereocenters. The first-order valence-corrected chi connectivity index (χ1v) is 7.76. The van der Waals surface area contributed by atoms with E-state index >= 15 is 0 Å². The lowest BCUT2D eigenvalue weighted by atomic mass is 10.1. The molecule has 0 N–H and O–H groups in total. The molecule has 2 rings (SSSR count). The van der Waals surface area contributed by atoms with Crippen molar-refractivity contribution in [3.05, 3.63) is 57.3 Å². The first-order chi connectivity index (χ1) is 10.4. The molecular formula is C17H19NO3S. The van der Waals surface area contributed by atoms with E-state index in [0.717, 1.165) is 9.75 Å². The zero-order valence-electron chi connectivity index (χ0n) is 13.1. The van der Waals surface area contributed by atoms with Gasteiger partial charge < -0.3 is 9.64 Å². The van der Waals surface area contributed by atoms with Gasteiger partial charge in [0.25, 0.3) is 5.91 Å². The van der Waals surface area contributed by atoms with Crippen molar-refractivity contribution in [2.45, 2.75) is 20.0 Å². The molecule has 2 aromatic rings. The molecule has 116 valence electrons. The number of aryl methyl sites for hydroxylation is 2. The number of nitrogens with zero attached hydrogens (tertiary/aromatic N) is 1. The van der Waals surface area contributed by atoms with Crippen molar-refractivity contribution >= 4 is 23.2 Å². The van der Waals surface area contributed by atoms with Crippen molar-refractivity contribution in [3.63, 3.8) is 0 Å². The maximum atomic E-state index is 12.4. The number of benzene rings is 1. The fourth-order valence-electron chi connectivity index (χ4n) is 2.13. The van der Waals surface area contributed by atoms with E-state index in [1.54, 1.807) is 32.3 Å². The average Bonchev–Trinajstić information content (AvgIpc) is 2.83. The minimum Gasteiger partial charge on any atom is -0.444 e. The van der Waals surface area contributed by atoms with Crippen LogP contribution in [0.2, 0.25) is 0 Å². The Hall–Kier alpha value is -2.14. The first kappa shape index (κ1) is 16.2. The van der Waals surface area contributed by atoms with Crippen LogP contribution in [0, 0.1) is 13.8 Å². The smallest absolute Gasteiger partial charge is 0.340 e. The summed E-state index contributed by atoms with van der Waals surface area (Å²) in [5.41, 5.74) is 1.19. The summed E-state index contributed by atoms with van der Waals surface area (Å²) in [6, 6.07) is 10.9. The number of ether oxygens (including phenoxy) is 1. The van der Waals surface area contributed by atoms with Crippen LogP contribution in [-0.4, -0.2) is 30.9 Å². The van der Waals surface area contributed by atoms with E-state index in [1.807, 2.05) is 32.0 Å². The molecule has 5 heteroatoms. The van der Waals surface area contributed by atoms with Crippen molar-refractivity contribution in [3.8, 4) is 0 Å². The highest BCUT2D eigenvalue weighted by atomic mass is 32.1. The quantitative estimate of drug-likeness (QED) is 0.812. The molecular weight excluding hydrogens is 298 g/mol. The largest absolute Gasteiger partial charge is 0.444 e. The van der Waals surface area contributed by atoms with E-state index in [1.165, 1.54) is 16.2 Å². The lowest BCUT2D eigenvalue weighted by Gasteiger charge is -2.21. The summed E-state index contributed by atoms with van der Waals surface area (Å²) in [4.78, 5) is 28.1. The Labute approximate surface area is 134 Å². The van der Waals surface area contributed by atoms with Gasteiger partial charge in [0.15, 0.2) is 0 Å². The average molecular weight is 317 g/mol.